The summed E-state index contributed by atoms with van der Waals surface area (Å²) in [7, 11) is 0. The van der Waals surface area contributed by atoms with Gasteiger partial charge < -0.3 is 5.73 Å². The summed E-state index contributed by atoms with van der Waals surface area (Å²) < 4.78 is 1.92. The predicted molar refractivity (Wildman–Crippen MR) is 86.6 cm³/mol. The van der Waals surface area contributed by atoms with Gasteiger partial charge in [0.15, 0.2) is 0 Å². The summed E-state index contributed by atoms with van der Waals surface area (Å²) in [5.74, 6) is -0.0544. The Kier molecular flexibility index (Phi) is 3.18. The summed E-state index contributed by atoms with van der Waals surface area (Å²) in [4.78, 5) is 4.44. The van der Waals surface area contributed by atoms with Gasteiger partial charge in [-0.3, -0.25) is 9.98 Å². The Balaban J connectivity index is 2.34. The molecule has 0 unspecified atom stereocenters. The second-order valence-corrected chi connectivity index (χ2v) is 5.49. The number of imidazole rings is 1. The normalized spacial score (nSPS) is 11.0. The van der Waals surface area contributed by atoms with Gasteiger partial charge >= 0.3 is 0 Å². The number of nitrogens with one attached hydrogen (secondary N) is 1. The molecule has 4 nitrogen and oxygen atoms in total. The van der Waals surface area contributed by atoms with Crippen LogP contribution in [0, 0.1) is 19.3 Å². The molecule has 0 aliphatic heterocycles. The number of halogens is 1. The monoisotopic (exact) mass is 298 g/mol. The van der Waals surface area contributed by atoms with Crippen LogP contribution in [0.3, 0.4) is 0 Å². The Morgan fingerprint density at radius 2 is 1.95 bits per heavy atom. The van der Waals surface area contributed by atoms with Crippen LogP contribution in [0.4, 0.5) is 0 Å². The molecular weight excluding hydrogens is 284 g/mol. The van der Waals surface area contributed by atoms with Crippen LogP contribution in [0.2, 0.25) is 5.02 Å². The summed E-state index contributed by atoms with van der Waals surface area (Å²) >= 11 is 6.19. The fraction of sp³-hybridized carbons (Fsp3) is 0.125. The zero-order valence-corrected chi connectivity index (χ0v) is 12.6. The average molecular weight is 299 g/mol. The van der Waals surface area contributed by atoms with Crippen LogP contribution in [-0.4, -0.2) is 15.4 Å². The van der Waals surface area contributed by atoms with Gasteiger partial charge in [-0.05, 0) is 49.2 Å². The van der Waals surface area contributed by atoms with E-state index in [-0.39, 0.29) is 5.84 Å². The van der Waals surface area contributed by atoms with E-state index in [1.54, 1.807) is 12.4 Å². The Hall–Kier alpha value is -2.33. The van der Waals surface area contributed by atoms with Crippen LogP contribution >= 0.6 is 11.6 Å². The molecule has 0 amide bonds. The van der Waals surface area contributed by atoms with Crippen molar-refractivity contribution < 1.29 is 0 Å². The molecule has 3 N–H and O–H groups in total. The summed E-state index contributed by atoms with van der Waals surface area (Å²) in [6.45, 7) is 4.13. The van der Waals surface area contributed by atoms with Crippen LogP contribution in [0.5, 0.6) is 0 Å². The van der Waals surface area contributed by atoms with E-state index in [9.17, 15) is 0 Å². The van der Waals surface area contributed by atoms with Crippen molar-refractivity contribution >= 4 is 28.5 Å². The first-order chi connectivity index (χ1) is 9.99. The number of benzene rings is 2. The second-order valence-electron chi connectivity index (χ2n) is 5.09. The number of nitrogens with zero attached hydrogens (tertiary/aromatic N) is 2. The highest BCUT2D eigenvalue weighted by molar-refractivity contribution is 6.34. The number of aryl methyl sites for hydroxylation is 2. The minimum Gasteiger partial charge on any atom is -0.384 e. The van der Waals surface area contributed by atoms with Gasteiger partial charge in [-0.25, -0.2) is 4.98 Å². The first-order valence-electron chi connectivity index (χ1n) is 6.56. The van der Waals surface area contributed by atoms with Crippen LogP contribution in [0.25, 0.3) is 16.7 Å². The number of aromatic nitrogens is 2. The first kappa shape index (κ1) is 13.6. The maximum atomic E-state index is 7.76. The number of nitrogen functional groups attached to an aromatic ring is 1. The van der Waals surface area contributed by atoms with E-state index in [0.29, 0.717) is 10.6 Å². The molecule has 2 aromatic carbocycles. The molecule has 3 rings (SSSR count). The third kappa shape index (κ3) is 2.17. The molecule has 21 heavy (non-hydrogen) atoms. The molecule has 5 heteroatoms. The lowest BCUT2D eigenvalue weighted by Crippen LogP contribution is -2.15. The Bertz CT molecular complexity index is 864. The summed E-state index contributed by atoms with van der Waals surface area (Å²) in [5.41, 5.74) is 11.2. The molecule has 0 bridgehead atoms. The van der Waals surface area contributed by atoms with Gasteiger partial charge in [0.1, 0.15) is 12.2 Å². The highest BCUT2D eigenvalue weighted by atomic mass is 35.5. The minimum atomic E-state index is -0.0544. The summed E-state index contributed by atoms with van der Waals surface area (Å²) in [5, 5.41) is 8.23. The molecule has 0 fully saturated rings. The van der Waals surface area contributed by atoms with Gasteiger partial charge in [-0.1, -0.05) is 17.7 Å². The molecule has 0 aliphatic carbocycles. The Morgan fingerprint density at radius 3 is 2.67 bits per heavy atom. The van der Waals surface area contributed by atoms with Crippen molar-refractivity contribution in [2.75, 3.05) is 0 Å². The number of amidine groups is 1. The smallest absolute Gasteiger partial charge is 0.126 e. The lowest BCUT2D eigenvalue weighted by atomic mass is 10.1. The highest BCUT2D eigenvalue weighted by Crippen LogP contribution is 2.27. The minimum absolute atomic E-state index is 0.0544. The summed E-state index contributed by atoms with van der Waals surface area (Å²) in [6.07, 6.45) is 1.74. The van der Waals surface area contributed by atoms with Gasteiger partial charge in [-0.15, -0.1) is 0 Å². The predicted octanol–water partition coefficient (Wildman–Crippen LogP) is 3.58. The van der Waals surface area contributed by atoms with E-state index in [1.165, 1.54) is 11.1 Å². The van der Waals surface area contributed by atoms with Crippen LogP contribution in [0.15, 0.2) is 36.7 Å². The number of rotatable bonds is 2. The van der Waals surface area contributed by atoms with Crippen molar-refractivity contribution in [2.24, 2.45) is 5.73 Å². The Labute approximate surface area is 127 Å². The third-order valence-electron chi connectivity index (χ3n) is 3.68. The lowest BCUT2D eigenvalue weighted by molar-refractivity contribution is 1.08. The lowest BCUT2D eigenvalue weighted by Gasteiger charge is -2.12. The van der Waals surface area contributed by atoms with Gasteiger partial charge in [0.25, 0.3) is 0 Å². The van der Waals surface area contributed by atoms with E-state index < -0.39 is 0 Å². The van der Waals surface area contributed by atoms with Crippen LogP contribution < -0.4 is 5.73 Å². The van der Waals surface area contributed by atoms with Crippen molar-refractivity contribution in [1.82, 2.24) is 9.55 Å². The molecule has 0 saturated heterocycles. The highest BCUT2D eigenvalue weighted by Gasteiger charge is 2.14. The molecule has 0 radical (unpaired) electrons. The molecule has 0 saturated carbocycles. The molecule has 3 aromatic rings. The molecule has 0 atom stereocenters. The van der Waals surface area contributed by atoms with Crippen molar-refractivity contribution in [1.29, 1.82) is 5.41 Å². The van der Waals surface area contributed by atoms with E-state index in [4.69, 9.17) is 22.7 Å². The fourth-order valence-corrected chi connectivity index (χ4v) is 2.71. The van der Waals surface area contributed by atoms with Gasteiger partial charge in [-0.2, -0.15) is 0 Å². The van der Waals surface area contributed by atoms with E-state index >= 15 is 0 Å². The fourth-order valence-electron chi connectivity index (χ4n) is 2.44. The van der Waals surface area contributed by atoms with E-state index in [2.05, 4.69) is 31.0 Å². The van der Waals surface area contributed by atoms with Gasteiger partial charge in [0, 0.05) is 0 Å². The van der Waals surface area contributed by atoms with Gasteiger partial charge in [0.2, 0.25) is 0 Å². The standard InChI is InChI=1S/C16H15ClN4/c1-9-6-12-14(7-10(9)2)21(8-20-12)13-5-3-4-11(17)15(13)16(18)19/h3-8H,1-2H3,(H3,18,19). The number of hydrogen-bond acceptors (Lipinski definition) is 2. The molecule has 106 valence electrons. The summed E-state index contributed by atoms with van der Waals surface area (Å²) in [6, 6.07) is 9.61. The molecule has 1 aromatic heterocycles. The van der Waals surface area contributed by atoms with E-state index in [0.717, 1.165) is 16.7 Å². The molecule has 1 heterocycles. The van der Waals surface area contributed by atoms with Crippen molar-refractivity contribution in [3.8, 4) is 5.69 Å². The SMILES string of the molecule is Cc1cc2ncn(-c3cccc(Cl)c3C(=N)N)c2cc1C. The Morgan fingerprint density at radius 1 is 1.24 bits per heavy atom. The maximum Gasteiger partial charge on any atom is 0.126 e. The number of hydrogen-bond donors (Lipinski definition) is 2. The quantitative estimate of drug-likeness (QED) is 0.561. The number of nitrogens with two attached hydrogens (primary N) is 1. The first-order valence-corrected chi connectivity index (χ1v) is 6.94. The third-order valence-corrected chi connectivity index (χ3v) is 4.00. The molecule has 0 spiro atoms. The largest absolute Gasteiger partial charge is 0.384 e. The second kappa shape index (κ2) is 4.90. The zero-order chi connectivity index (χ0) is 15.1. The van der Waals surface area contributed by atoms with Crippen molar-refractivity contribution in [3.63, 3.8) is 0 Å². The van der Waals surface area contributed by atoms with Crippen molar-refractivity contribution in [2.45, 2.75) is 13.8 Å². The topological polar surface area (TPSA) is 67.7 Å². The average Bonchev–Trinajstić information content (AvgIpc) is 2.81. The zero-order valence-electron chi connectivity index (χ0n) is 11.8. The van der Waals surface area contributed by atoms with Crippen LogP contribution in [0.1, 0.15) is 16.7 Å². The maximum absolute atomic E-state index is 7.76. The van der Waals surface area contributed by atoms with E-state index in [1.807, 2.05) is 16.7 Å². The van der Waals surface area contributed by atoms with Gasteiger partial charge in [0.05, 0.1) is 27.3 Å². The number of fused-ring (bicyclic) bond motifs is 1. The van der Waals surface area contributed by atoms with Crippen LogP contribution in [-0.2, 0) is 0 Å². The molecule has 0 aliphatic rings. The molecular formula is C16H15ClN4. The van der Waals surface area contributed by atoms with Crippen molar-refractivity contribution in [3.05, 3.63) is 58.4 Å².